The van der Waals surface area contributed by atoms with Gasteiger partial charge >= 0.3 is 0 Å². The number of ether oxygens (including phenoxy) is 1. The van der Waals surface area contributed by atoms with Crippen LogP contribution in [0, 0.1) is 5.92 Å². The molecule has 2 heterocycles. The Morgan fingerprint density at radius 1 is 1.29 bits per heavy atom. The fraction of sp³-hybridized carbons (Fsp3) is 0.400. The lowest BCUT2D eigenvalue weighted by atomic mass is 9.96. The van der Waals surface area contributed by atoms with Crippen LogP contribution in [-0.2, 0) is 11.4 Å². The smallest absolute Gasteiger partial charge is 0.254 e. The number of nitrogens with one attached hydrogen (secondary N) is 1. The van der Waals surface area contributed by atoms with Gasteiger partial charge < -0.3 is 20.7 Å². The van der Waals surface area contributed by atoms with Gasteiger partial charge in [0, 0.05) is 36.6 Å². The van der Waals surface area contributed by atoms with Gasteiger partial charge in [0.2, 0.25) is 5.91 Å². The van der Waals surface area contributed by atoms with Gasteiger partial charge in [0.05, 0.1) is 5.92 Å². The Morgan fingerprint density at radius 3 is 2.89 bits per heavy atom. The molecule has 1 saturated heterocycles. The molecule has 1 aromatic carbocycles. The maximum Gasteiger partial charge on any atom is 0.254 e. The minimum atomic E-state index is -0.174. The Morgan fingerprint density at radius 2 is 2.14 bits per heavy atom. The Labute approximate surface area is 175 Å². The zero-order valence-electron chi connectivity index (χ0n) is 15.6. The molecule has 1 aromatic heterocycles. The van der Waals surface area contributed by atoms with Gasteiger partial charge in [-0.3, -0.25) is 9.59 Å². The van der Waals surface area contributed by atoms with Crippen molar-refractivity contribution in [1.82, 2.24) is 10.2 Å². The highest BCUT2D eigenvalue weighted by molar-refractivity contribution is 7.09. The molecule has 2 amide bonds. The molecule has 1 unspecified atom stereocenters. The summed E-state index contributed by atoms with van der Waals surface area (Å²) >= 11 is 1.64. The number of hydrogen-bond donors (Lipinski definition) is 2. The van der Waals surface area contributed by atoms with E-state index in [2.05, 4.69) is 5.32 Å². The number of likely N-dealkylation sites (tertiary alicyclic amines) is 1. The number of nitrogens with two attached hydrogens (primary N) is 1. The lowest BCUT2D eigenvalue weighted by molar-refractivity contribution is -0.126. The lowest BCUT2D eigenvalue weighted by Crippen LogP contribution is -2.46. The van der Waals surface area contributed by atoms with Crippen molar-refractivity contribution in [2.24, 2.45) is 11.7 Å². The molecule has 1 aliphatic rings. The van der Waals surface area contributed by atoms with Crippen molar-refractivity contribution in [2.75, 3.05) is 26.2 Å². The zero-order chi connectivity index (χ0) is 19.1. The van der Waals surface area contributed by atoms with Gasteiger partial charge in [0.15, 0.2) is 0 Å². The second-order valence-electron chi connectivity index (χ2n) is 6.57. The molecule has 3 N–H and O–H groups in total. The summed E-state index contributed by atoms with van der Waals surface area (Å²) < 4.78 is 5.80. The van der Waals surface area contributed by atoms with Crippen LogP contribution in [0.25, 0.3) is 0 Å². The summed E-state index contributed by atoms with van der Waals surface area (Å²) in [6, 6.07) is 11.2. The quantitative estimate of drug-likeness (QED) is 0.717. The van der Waals surface area contributed by atoms with Gasteiger partial charge in [-0.05, 0) is 42.5 Å². The third-order valence-electron chi connectivity index (χ3n) is 4.57. The van der Waals surface area contributed by atoms with E-state index in [1.54, 1.807) is 28.4 Å². The van der Waals surface area contributed by atoms with Crippen molar-refractivity contribution in [3.63, 3.8) is 0 Å². The van der Waals surface area contributed by atoms with Crippen molar-refractivity contribution in [3.05, 3.63) is 52.2 Å². The molecule has 0 bridgehead atoms. The Kier molecular flexibility index (Phi) is 8.76. The summed E-state index contributed by atoms with van der Waals surface area (Å²) in [5.74, 6) is 0.412. The molecule has 1 aliphatic heterocycles. The average molecular weight is 424 g/mol. The molecule has 2 aromatic rings. The summed E-state index contributed by atoms with van der Waals surface area (Å²) in [5.41, 5.74) is 6.02. The maximum absolute atomic E-state index is 12.9. The third-order valence-corrected chi connectivity index (χ3v) is 5.42. The molecule has 1 atom stereocenters. The number of thiophene rings is 1. The van der Waals surface area contributed by atoms with E-state index in [9.17, 15) is 9.59 Å². The summed E-state index contributed by atoms with van der Waals surface area (Å²) in [6.07, 6.45) is 1.62. The lowest BCUT2D eigenvalue weighted by Gasteiger charge is -2.32. The molecule has 1 fully saturated rings. The van der Waals surface area contributed by atoms with E-state index < -0.39 is 0 Å². The van der Waals surface area contributed by atoms with Crippen LogP contribution in [-0.4, -0.2) is 42.9 Å². The Bertz CT molecular complexity index is 770. The van der Waals surface area contributed by atoms with Crippen molar-refractivity contribution in [1.29, 1.82) is 0 Å². The highest BCUT2D eigenvalue weighted by Crippen LogP contribution is 2.22. The molecule has 152 valence electrons. The summed E-state index contributed by atoms with van der Waals surface area (Å²) in [6.45, 7) is 2.48. The predicted molar refractivity (Wildman–Crippen MR) is 113 cm³/mol. The van der Waals surface area contributed by atoms with Crippen LogP contribution in [0.4, 0.5) is 0 Å². The molecular formula is C20H26ClN3O3S. The molecule has 3 rings (SSSR count). The first-order chi connectivity index (χ1) is 13.2. The molecule has 0 saturated carbocycles. The number of amides is 2. The molecule has 28 heavy (non-hydrogen) atoms. The van der Waals surface area contributed by atoms with Gasteiger partial charge in [0.1, 0.15) is 12.4 Å². The van der Waals surface area contributed by atoms with Crippen LogP contribution in [0.15, 0.2) is 41.8 Å². The van der Waals surface area contributed by atoms with E-state index in [4.69, 9.17) is 10.5 Å². The largest absolute Gasteiger partial charge is 0.488 e. The number of halogens is 1. The van der Waals surface area contributed by atoms with Gasteiger partial charge in [-0.1, -0.05) is 12.1 Å². The maximum atomic E-state index is 12.9. The topological polar surface area (TPSA) is 84.7 Å². The standard InChI is InChI=1S/C20H25N3O3S.ClH/c21-8-9-22-19(24)16-5-2-10-23(13-16)20(25)15-4-1-6-17(12-15)26-14-18-7-3-11-27-18;/h1,3-4,6-7,11-12,16H,2,5,8-10,13-14,21H2,(H,22,24);1H. The first-order valence-electron chi connectivity index (χ1n) is 9.19. The summed E-state index contributed by atoms with van der Waals surface area (Å²) in [7, 11) is 0. The van der Waals surface area contributed by atoms with Gasteiger partial charge in [-0.15, -0.1) is 23.7 Å². The fourth-order valence-corrected chi connectivity index (χ4v) is 3.78. The SMILES string of the molecule is Cl.NCCNC(=O)C1CCCN(C(=O)c2cccc(OCc3cccs3)c2)C1. The van der Waals surface area contributed by atoms with Crippen LogP contribution in [0.3, 0.4) is 0 Å². The number of piperidine rings is 1. The number of carbonyl (C=O) groups is 2. The summed E-state index contributed by atoms with van der Waals surface area (Å²) in [5, 5.41) is 4.83. The van der Waals surface area contributed by atoms with E-state index >= 15 is 0 Å². The average Bonchev–Trinajstić information content (AvgIpc) is 3.24. The predicted octanol–water partition coefficient (Wildman–Crippen LogP) is 2.68. The van der Waals surface area contributed by atoms with E-state index in [-0.39, 0.29) is 30.1 Å². The van der Waals surface area contributed by atoms with Crippen molar-refractivity contribution < 1.29 is 14.3 Å². The van der Waals surface area contributed by atoms with Gasteiger partial charge in [-0.25, -0.2) is 0 Å². The number of hydrogen-bond acceptors (Lipinski definition) is 5. The Hall–Kier alpha value is -2.09. The van der Waals surface area contributed by atoms with Crippen LogP contribution in [0.5, 0.6) is 5.75 Å². The van der Waals surface area contributed by atoms with Crippen LogP contribution in [0.2, 0.25) is 0 Å². The van der Waals surface area contributed by atoms with Crippen molar-refractivity contribution in [3.8, 4) is 5.75 Å². The number of carbonyl (C=O) groups excluding carboxylic acids is 2. The van der Waals surface area contributed by atoms with E-state index in [0.717, 1.165) is 17.7 Å². The second-order valence-corrected chi connectivity index (χ2v) is 7.60. The normalized spacial score (nSPS) is 16.2. The third kappa shape index (κ3) is 5.95. The molecule has 8 heteroatoms. The summed E-state index contributed by atoms with van der Waals surface area (Å²) in [4.78, 5) is 28.0. The minimum Gasteiger partial charge on any atom is -0.488 e. The second kappa shape index (κ2) is 11.0. The highest BCUT2D eigenvalue weighted by atomic mass is 35.5. The van der Waals surface area contributed by atoms with E-state index in [1.165, 1.54) is 0 Å². The van der Waals surface area contributed by atoms with Crippen molar-refractivity contribution >= 4 is 35.6 Å². The first kappa shape index (κ1) is 22.2. The number of rotatable bonds is 7. The zero-order valence-corrected chi connectivity index (χ0v) is 17.3. The molecule has 0 spiro atoms. The molecular weight excluding hydrogens is 398 g/mol. The monoisotopic (exact) mass is 423 g/mol. The van der Waals surface area contributed by atoms with E-state index in [0.29, 0.717) is 44.1 Å². The molecule has 6 nitrogen and oxygen atoms in total. The van der Waals surface area contributed by atoms with E-state index in [1.807, 2.05) is 29.6 Å². The number of nitrogens with zero attached hydrogens (tertiary/aromatic N) is 1. The van der Waals surface area contributed by atoms with Crippen LogP contribution in [0.1, 0.15) is 28.1 Å². The highest BCUT2D eigenvalue weighted by Gasteiger charge is 2.28. The van der Waals surface area contributed by atoms with Crippen LogP contribution < -0.4 is 15.8 Å². The van der Waals surface area contributed by atoms with Crippen molar-refractivity contribution in [2.45, 2.75) is 19.4 Å². The first-order valence-corrected chi connectivity index (χ1v) is 10.1. The number of benzene rings is 1. The van der Waals surface area contributed by atoms with Crippen LogP contribution >= 0.6 is 23.7 Å². The Balaban J connectivity index is 0.00000280. The van der Waals surface area contributed by atoms with Gasteiger partial charge in [0.25, 0.3) is 5.91 Å². The van der Waals surface area contributed by atoms with Gasteiger partial charge in [-0.2, -0.15) is 0 Å². The molecule has 0 radical (unpaired) electrons. The fourth-order valence-electron chi connectivity index (χ4n) is 3.17. The minimum absolute atomic E-state index is 0. The molecule has 0 aliphatic carbocycles.